The number of benzene rings is 2. The Kier molecular flexibility index (Phi) is 5.07. The fourth-order valence-electron chi connectivity index (χ4n) is 1.81. The molecule has 0 N–H and O–H groups in total. The van der Waals surface area contributed by atoms with Crippen LogP contribution < -0.4 is 4.74 Å². The van der Waals surface area contributed by atoms with Crippen molar-refractivity contribution in [2.75, 3.05) is 0 Å². The molecule has 0 bridgehead atoms. The molecular formula is C16H13BrF2O2. The number of hydrogen-bond donors (Lipinski definition) is 0. The van der Waals surface area contributed by atoms with Crippen molar-refractivity contribution in [3.63, 3.8) is 0 Å². The molecule has 0 aliphatic rings. The van der Waals surface area contributed by atoms with E-state index in [1.165, 1.54) is 0 Å². The van der Waals surface area contributed by atoms with E-state index in [0.29, 0.717) is 0 Å². The van der Waals surface area contributed by atoms with Crippen molar-refractivity contribution in [2.24, 2.45) is 0 Å². The molecule has 2 aromatic carbocycles. The summed E-state index contributed by atoms with van der Waals surface area (Å²) in [5, 5.41) is -0.685. The molecule has 0 saturated carbocycles. The Labute approximate surface area is 129 Å². The van der Waals surface area contributed by atoms with Gasteiger partial charge in [-0.1, -0.05) is 37.3 Å². The van der Waals surface area contributed by atoms with Crippen molar-refractivity contribution >= 4 is 21.7 Å². The van der Waals surface area contributed by atoms with Gasteiger partial charge in [0, 0.05) is 17.5 Å². The molecule has 0 spiro atoms. The van der Waals surface area contributed by atoms with Gasteiger partial charge in [-0.15, -0.1) is 0 Å². The number of rotatable bonds is 5. The van der Waals surface area contributed by atoms with Crippen LogP contribution >= 0.6 is 15.9 Å². The monoisotopic (exact) mass is 354 g/mol. The molecule has 0 radical (unpaired) electrons. The van der Waals surface area contributed by atoms with E-state index in [9.17, 15) is 13.6 Å². The van der Waals surface area contributed by atoms with Crippen LogP contribution in [0.15, 0.2) is 42.5 Å². The van der Waals surface area contributed by atoms with Crippen molar-refractivity contribution < 1.29 is 18.3 Å². The zero-order valence-electron chi connectivity index (χ0n) is 11.3. The first-order chi connectivity index (χ1) is 10.0. The van der Waals surface area contributed by atoms with Crippen molar-refractivity contribution in [3.8, 4) is 5.75 Å². The lowest BCUT2D eigenvalue weighted by Crippen LogP contribution is -2.06. The Morgan fingerprint density at radius 3 is 2.29 bits per heavy atom. The summed E-state index contributed by atoms with van der Waals surface area (Å²) in [7, 11) is 0. The molecule has 0 heterocycles. The first-order valence-electron chi connectivity index (χ1n) is 6.40. The standard InChI is InChI=1S/C16H13BrF2O2/c1-2-14(20)11-8-12(18)15(13(19)9-11)21-16(17)10-6-4-3-5-7-10/h3-9,16H,2H2,1H3. The predicted molar refractivity (Wildman–Crippen MR) is 79.7 cm³/mol. The Bertz CT molecular complexity index is 621. The fraction of sp³-hybridized carbons (Fsp3) is 0.188. The van der Waals surface area contributed by atoms with Gasteiger partial charge in [0.05, 0.1) is 0 Å². The molecule has 0 aliphatic carbocycles. The Morgan fingerprint density at radius 1 is 1.19 bits per heavy atom. The molecular weight excluding hydrogens is 342 g/mol. The van der Waals surface area contributed by atoms with E-state index < -0.39 is 22.4 Å². The maximum absolute atomic E-state index is 13.9. The fourth-order valence-corrected chi connectivity index (χ4v) is 2.31. The number of carbonyl (C=O) groups excluding carboxylic acids is 1. The van der Waals surface area contributed by atoms with Crippen LogP contribution in [0.5, 0.6) is 5.75 Å². The third kappa shape index (κ3) is 3.67. The highest BCUT2D eigenvalue weighted by atomic mass is 79.9. The van der Waals surface area contributed by atoms with Gasteiger partial charge in [0.2, 0.25) is 0 Å². The highest BCUT2D eigenvalue weighted by Gasteiger charge is 2.19. The van der Waals surface area contributed by atoms with Crippen LogP contribution in [-0.4, -0.2) is 5.78 Å². The van der Waals surface area contributed by atoms with Crippen LogP contribution in [0.3, 0.4) is 0 Å². The van der Waals surface area contributed by atoms with E-state index in [-0.39, 0.29) is 17.8 Å². The second kappa shape index (κ2) is 6.80. The summed E-state index contributed by atoms with van der Waals surface area (Å²) in [6.07, 6.45) is 0.185. The lowest BCUT2D eigenvalue weighted by molar-refractivity contribution is 0.0987. The molecule has 110 valence electrons. The summed E-state index contributed by atoms with van der Waals surface area (Å²) < 4.78 is 33.2. The van der Waals surface area contributed by atoms with E-state index in [2.05, 4.69) is 15.9 Å². The number of ether oxygens (including phenoxy) is 1. The molecule has 0 saturated heterocycles. The van der Waals surface area contributed by atoms with E-state index in [4.69, 9.17) is 4.74 Å². The molecule has 2 aromatic rings. The number of halogens is 3. The van der Waals surface area contributed by atoms with Crippen LogP contribution in [0.2, 0.25) is 0 Å². The smallest absolute Gasteiger partial charge is 0.192 e. The number of alkyl halides is 1. The van der Waals surface area contributed by atoms with Gasteiger partial charge < -0.3 is 4.74 Å². The van der Waals surface area contributed by atoms with E-state index in [1.807, 2.05) is 6.07 Å². The van der Waals surface area contributed by atoms with Gasteiger partial charge >= 0.3 is 0 Å². The molecule has 1 atom stereocenters. The molecule has 2 rings (SSSR count). The molecule has 0 aliphatic heterocycles. The number of ketones is 1. The molecule has 0 aromatic heterocycles. The second-order valence-corrected chi connectivity index (χ2v) is 5.22. The lowest BCUT2D eigenvalue weighted by Gasteiger charge is -2.15. The van der Waals surface area contributed by atoms with E-state index >= 15 is 0 Å². The minimum Gasteiger partial charge on any atom is -0.468 e. The van der Waals surface area contributed by atoms with Crippen molar-refractivity contribution in [1.29, 1.82) is 0 Å². The molecule has 5 heteroatoms. The van der Waals surface area contributed by atoms with Crippen LogP contribution in [0, 0.1) is 11.6 Å². The van der Waals surface area contributed by atoms with Gasteiger partial charge in [-0.3, -0.25) is 4.79 Å². The maximum Gasteiger partial charge on any atom is 0.192 e. The Morgan fingerprint density at radius 2 is 1.76 bits per heavy atom. The largest absolute Gasteiger partial charge is 0.468 e. The molecule has 0 amide bonds. The summed E-state index contributed by atoms with van der Waals surface area (Å²) in [6, 6.07) is 10.9. The van der Waals surface area contributed by atoms with E-state index in [1.54, 1.807) is 31.2 Å². The molecule has 0 fully saturated rings. The first-order valence-corrected chi connectivity index (χ1v) is 7.32. The average molecular weight is 355 g/mol. The quantitative estimate of drug-likeness (QED) is 0.556. The van der Waals surface area contributed by atoms with Gasteiger partial charge in [-0.05, 0) is 28.1 Å². The average Bonchev–Trinajstić information content (AvgIpc) is 2.50. The van der Waals surface area contributed by atoms with Crippen LogP contribution in [0.4, 0.5) is 8.78 Å². The topological polar surface area (TPSA) is 26.3 Å². The summed E-state index contributed by atoms with van der Waals surface area (Å²) >= 11 is 3.23. The van der Waals surface area contributed by atoms with Gasteiger partial charge in [-0.2, -0.15) is 0 Å². The molecule has 21 heavy (non-hydrogen) atoms. The molecule has 2 nitrogen and oxygen atoms in total. The summed E-state index contributed by atoms with van der Waals surface area (Å²) in [5.41, 5.74) is 0.732. The van der Waals surface area contributed by atoms with Crippen molar-refractivity contribution in [3.05, 3.63) is 65.2 Å². The highest BCUT2D eigenvalue weighted by molar-refractivity contribution is 9.09. The van der Waals surface area contributed by atoms with Crippen LogP contribution in [-0.2, 0) is 0 Å². The van der Waals surface area contributed by atoms with Gasteiger partial charge in [0.25, 0.3) is 0 Å². The van der Waals surface area contributed by atoms with Gasteiger partial charge in [-0.25, -0.2) is 8.78 Å². The summed E-state index contributed by atoms with van der Waals surface area (Å²) in [5.74, 6) is -2.62. The second-order valence-electron chi connectivity index (χ2n) is 4.39. The van der Waals surface area contributed by atoms with Gasteiger partial charge in [0.1, 0.15) is 0 Å². The van der Waals surface area contributed by atoms with Crippen LogP contribution in [0.1, 0.15) is 34.3 Å². The predicted octanol–water partition coefficient (Wildman–Crippen LogP) is 5.03. The van der Waals surface area contributed by atoms with Crippen molar-refractivity contribution in [1.82, 2.24) is 0 Å². The molecule has 1 unspecified atom stereocenters. The zero-order chi connectivity index (χ0) is 15.4. The minimum atomic E-state index is -0.896. The SMILES string of the molecule is CCC(=O)c1cc(F)c(OC(Br)c2ccccc2)c(F)c1. The number of hydrogen-bond acceptors (Lipinski definition) is 2. The normalized spacial score (nSPS) is 12.0. The Balaban J connectivity index is 2.27. The third-order valence-electron chi connectivity index (χ3n) is 2.92. The first kappa shape index (κ1) is 15.6. The summed E-state index contributed by atoms with van der Waals surface area (Å²) in [4.78, 5) is 11.5. The van der Waals surface area contributed by atoms with E-state index in [0.717, 1.165) is 17.7 Å². The van der Waals surface area contributed by atoms with Gasteiger partial charge in [0.15, 0.2) is 28.2 Å². The zero-order valence-corrected chi connectivity index (χ0v) is 12.9. The maximum atomic E-state index is 13.9. The highest BCUT2D eigenvalue weighted by Crippen LogP contribution is 2.31. The number of carbonyl (C=O) groups is 1. The Hall–Kier alpha value is -1.75. The van der Waals surface area contributed by atoms with Crippen molar-refractivity contribution in [2.45, 2.75) is 18.4 Å². The lowest BCUT2D eigenvalue weighted by atomic mass is 10.1. The van der Waals surface area contributed by atoms with Crippen LogP contribution in [0.25, 0.3) is 0 Å². The number of Topliss-reactive ketones (excluding diaryl/α,β-unsaturated/α-hetero) is 1. The summed E-state index contributed by atoms with van der Waals surface area (Å²) in [6.45, 7) is 1.63. The third-order valence-corrected chi connectivity index (χ3v) is 3.64. The minimum absolute atomic E-state index is 0.00526.